The molecule has 4 N–H and O–H groups in total. The van der Waals surface area contributed by atoms with Gasteiger partial charge in [0.05, 0.1) is 10.6 Å². The fraction of sp³-hybridized carbons (Fsp3) is 0.577. The van der Waals surface area contributed by atoms with Gasteiger partial charge < -0.3 is 10.2 Å². The van der Waals surface area contributed by atoms with Crippen molar-refractivity contribution in [2.24, 2.45) is 17.7 Å². The number of hydrogen-bond donors (Lipinski definition) is 3. The van der Waals surface area contributed by atoms with Gasteiger partial charge in [-0.05, 0) is 62.8 Å². The minimum Gasteiger partial charge on any atom is -0.335 e. The van der Waals surface area contributed by atoms with Crippen molar-refractivity contribution in [2.75, 3.05) is 44.8 Å². The highest BCUT2D eigenvalue weighted by molar-refractivity contribution is 7.17. The molecule has 2 saturated heterocycles. The van der Waals surface area contributed by atoms with Crippen LogP contribution in [-0.2, 0) is 11.3 Å². The van der Waals surface area contributed by atoms with Crippen LogP contribution in [0.25, 0.3) is 0 Å². The molecule has 9 nitrogen and oxygen atoms in total. The second-order valence-electron chi connectivity index (χ2n) is 10.2. The molecule has 0 unspecified atom stereocenters. The van der Waals surface area contributed by atoms with Gasteiger partial charge in [0.2, 0.25) is 0 Å². The zero-order valence-corrected chi connectivity index (χ0v) is 22.4. The second kappa shape index (κ2) is 12.9. The Morgan fingerprint density at radius 1 is 1.19 bits per heavy atom. The number of nitrogens with one attached hydrogen (secondary N) is 2. The number of ketones is 1. The van der Waals surface area contributed by atoms with E-state index in [9.17, 15) is 14.0 Å². The molecule has 2 amide bonds. The number of aryl methyl sites for hydroxylation is 1. The maximum absolute atomic E-state index is 13.3. The van der Waals surface area contributed by atoms with Crippen molar-refractivity contribution in [3.8, 4) is 0 Å². The molecule has 37 heavy (non-hydrogen) atoms. The summed E-state index contributed by atoms with van der Waals surface area (Å²) in [7, 11) is 0. The van der Waals surface area contributed by atoms with Crippen LogP contribution in [0.4, 0.5) is 14.3 Å². The molecule has 1 aromatic heterocycles. The van der Waals surface area contributed by atoms with Gasteiger partial charge in [0.25, 0.3) is 0 Å². The summed E-state index contributed by atoms with van der Waals surface area (Å²) in [4.78, 5) is 39.0. The summed E-state index contributed by atoms with van der Waals surface area (Å²) in [5.74, 6) is 5.80. The van der Waals surface area contributed by atoms with Crippen LogP contribution in [0.2, 0.25) is 0 Å². The first-order valence-corrected chi connectivity index (χ1v) is 13.7. The molecule has 202 valence electrons. The summed E-state index contributed by atoms with van der Waals surface area (Å²) < 4.78 is 13.3. The molecule has 0 spiro atoms. The first-order chi connectivity index (χ1) is 17.8. The van der Waals surface area contributed by atoms with Crippen molar-refractivity contribution in [3.63, 3.8) is 0 Å². The number of piperidine rings is 2. The monoisotopic (exact) mass is 532 g/mol. The van der Waals surface area contributed by atoms with Gasteiger partial charge in [0.15, 0.2) is 10.9 Å². The molecule has 1 aromatic carbocycles. The van der Waals surface area contributed by atoms with Crippen LogP contribution in [0, 0.1) is 24.6 Å². The maximum Gasteiger partial charge on any atom is 0.321 e. The Hall–Kier alpha value is -2.44. The zero-order valence-electron chi connectivity index (χ0n) is 21.5. The fourth-order valence-corrected chi connectivity index (χ4v) is 6.41. The summed E-state index contributed by atoms with van der Waals surface area (Å²) in [5.41, 5.74) is 1.79. The number of nitrogens with zero attached hydrogens (tertiary/aromatic N) is 3. The van der Waals surface area contributed by atoms with Crippen molar-refractivity contribution in [3.05, 3.63) is 46.2 Å². The Morgan fingerprint density at radius 2 is 1.97 bits per heavy atom. The number of benzene rings is 1. The quantitative estimate of drug-likeness (QED) is 0.335. The molecule has 2 aromatic rings. The van der Waals surface area contributed by atoms with Crippen LogP contribution in [0.3, 0.4) is 0 Å². The average Bonchev–Trinajstić information content (AvgIpc) is 3.22. The van der Waals surface area contributed by atoms with Crippen LogP contribution >= 0.6 is 11.3 Å². The molecule has 2 aliphatic heterocycles. The van der Waals surface area contributed by atoms with Gasteiger partial charge in [-0.3, -0.25) is 19.8 Å². The molecule has 0 aliphatic carbocycles. The predicted molar refractivity (Wildman–Crippen MR) is 142 cm³/mol. The number of carbonyl (C=O) groups excluding carboxylic acids is 2. The molecule has 2 aliphatic rings. The number of halogens is 1. The normalized spacial score (nSPS) is 23.1. The molecule has 0 saturated carbocycles. The maximum atomic E-state index is 13.3. The lowest BCUT2D eigenvalue weighted by Crippen LogP contribution is -2.56. The number of rotatable bonds is 9. The van der Waals surface area contributed by atoms with Crippen LogP contribution < -0.4 is 16.5 Å². The van der Waals surface area contributed by atoms with E-state index in [1.807, 2.05) is 12.1 Å². The minimum atomic E-state index is -0.310. The molecule has 0 radical (unpaired) electrons. The highest BCUT2D eigenvalue weighted by Gasteiger charge is 2.33. The summed E-state index contributed by atoms with van der Waals surface area (Å²) in [6.45, 7) is 8.03. The van der Waals surface area contributed by atoms with Crippen molar-refractivity contribution in [1.82, 2.24) is 20.1 Å². The van der Waals surface area contributed by atoms with Crippen molar-refractivity contribution in [2.45, 2.75) is 45.6 Å². The van der Waals surface area contributed by atoms with E-state index in [2.05, 4.69) is 25.4 Å². The van der Waals surface area contributed by atoms with Crippen molar-refractivity contribution in [1.29, 1.82) is 0 Å². The van der Waals surface area contributed by atoms with E-state index in [1.54, 1.807) is 6.92 Å². The number of Topliss-reactive ketones (excluding diaryl/α,β-unsaturated/α-hetero) is 1. The molecule has 2 fully saturated rings. The smallest absolute Gasteiger partial charge is 0.321 e. The standard InChI is InChI=1S/C26H37FN6O3S/c1-17-24(18(2)34)37-26(29-17)31-25(35)30-23-9-11-33(16-36-28)15-21(23)14-32-10-3-4-20(13-32)12-19-5-7-22(27)8-6-19/h5-8,20-21,23H,3-4,9-16,28H2,1-2H3,(H2,29,30,31,35)/t20-,21+,23+/m0/s1. The van der Waals surface area contributed by atoms with Gasteiger partial charge in [-0.25, -0.2) is 20.1 Å². The molecule has 4 rings (SSSR count). The highest BCUT2D eigenvalue weighted by atomic mass is 32.1. The van der Waals surface area contributed by atoms with Gasteiger partial charge >= 0.3 is 6.03 Å². The Morgan fingerprint density at radius 3 is 2.68 bits per heavy atom. The SMILES string of the molecule is CC(=O)c1sc(NC(=O)N[C@@H]2CCN(CON)C[C@H]2CN2CCC[C@@H](Cc3ccc(F)cc3)C2)nc1C. The van der Waals surface area contributed by atoms with Gasteiger partial charge in [0, 0.05) is 45.1 Å². The third-order valence-corrected chi connectivity index (χ3v) is 8.44. The largest absolute Gasteiger partial charge is 0.335 e. The van der Waals surface area contributed by atoms with Gasteiger partial charge in [-0.1, -0.05) is 23.5 Å². The van der Waals surface area contributed by atoms with Crippen molar-refractivity contribution >= 4 is 28.3 Å². The number of carbonyl (C=O) groups is 2. The van der Waals surface area contributed by atoms with Crippen molar-refractivity contribution < 1.29 is 18.8 Å². The number of thiazole rings is 1. The van der Waals surface area contributed by atoms with Crippen LogP contribution in [0.5, 0.6) is 0 Å². The van der Waals surface area contributed by atoms with E-state index in [1.165, 1.54) is 36.0 Å². The third kappa shape index (κ3) is 7.78. The third-order valence-electron chi connectivity index (χ3n) is 7.26. The number of urea groups is 1. The van der Waals surface area contributed by atoms with E-state index >= 15 is 0 Å². The summed E-state index contributed by atoms with van der Waals surface area (Å²) in [6, 6.07) is 6.49. The van der Waals surface area contributed by atoms with E-state index in [4.69, 9.17) is 10.7 Å². The van der Waals surface area contributed by atoms with E-state index < -0.39 is 0 Å². The lowest BCUT2D eigenvalue weighted by molar-refractivity contribution is -0.00828. The molecular formula is C26H37FN6O3S. The Labute approximate surface area is 221 Å². The molecule has 3 heterocycles. The number of anilines is 1. The van der Waals surface area contributed by atoms with E-state index in [0.717, 1.165) is 58.4 Å². The fourth-order valence-electron chi connectivity index (χ4n) is 5.55. The number of hydrogen-bond acceptors (Lipinski definition) is 8. The van der Waals surface area contributed by atoms with Crippen LogP contribution in [0.15, 0.2) is 24.3 Å². The first-order valence-electron chi connectivity index (χ1n) is 12.9. The summed E-state index contributed by atoms with van der Waals surface area (Å²) in [6.07, 6.45) is 4.00. The lowest BCUT2D eigenvalue weighted by atomic mass is 9.88. The molecule has 11 heteroatoms. The van der Waals surface area contributed by atoms with E-state index in [0.29, 0.717) is 28.4 Å². The zero-order chi connectivity index (χ0) is 26.4. The number of likely N-dealkylation sites (tertiary alicyclic amines) is 2. The van der Waals surface area contributed by atoms with Crippen LogP contribution in [-0.4, -0.2) is 72.1 Å². The van der Waals surface area contributed by atoms with E-state index in [-0.39, 0.29) is 29.6 Å². The molecular weight excluding hydrogens is 495 g/mol. The van der Waals surface area contributed by atoms with Crippen LogP contribution in [0.1, 0.15) is 47.1 Å². The number of amides is 2. The second-order valence-corrected chi connectivity index (χ2v) is 11.2. The van der Waals surface area contributed by atoms with Gasteiger partial charge in [0.1, 0.15) is 12.5 Å². The summed E-state index contributed by atoms with van der Waals surface area (Å²) in [5, 5.41) is 6.39. The summed E-state index contributed by atoms with van der Waals surface area (Å²) >= 11 is 1.20. The number of nitrogens with two attached hydrogens (primary N) is 1. The van der Waals surface area contributed by atoms with Gasteiger partial charge in [-0.15, -0.1) is 0 Å². The topological polar surface area (TPSA) is 113 Å². The predicted octanol–water partition coefficient (Wildman–Crippen LogP) is 3.41. The molecule has 3 atom stereocenters. The Kier molecular flexibility index (Phi) is 9.60. The Balaban J connectivity index is 1.36. The Bertz CT molecular complexity index is 1070. The minimum absolute atomic E-state index is 0.0140. The molecule has 0 bridgehead atoms. The number of aromatic nitrogens is 1. The first kappa shape index (κ1) is 27.6. The lowest BCUT2D eigenvalue weighted by Gasteiger charge is -2.42. The average molecular weight is 533 g/mol. The van der Waals surface area contributed by atoms with Gasteiger partial charge in [-0.2, -0.15) is 0 Å². The highest BCUT2D eigenvalue weighted by Crippen LogP contribution is 2.26.